The van der Waals surface area contributed by atoms with Crippen LogP contribution in [0.15, 0.2) is 36.1 Å². The molecule has 1 saturated heterocycles. The van der Waals surface area contributed by atoms with E-state index in [1.54, 1.807) is 30.3 Å². The molecule has 0 radical (unpaired) electrons. The molecule has 8 heteroatoms. The standard InChI is InChI=1S/C23H22O8/c1-26-17-12-20(28-3)19(27-2)9-13(17)10-21-22(24)15-7-6-14(11-18(15)31-21)30-23(25)16-5-4-8-29-16/h6-7,9-12,16H,4-5,8H2,1-3H3/b21-10-. The van der Waals surface area contributed by atoms with Crippen molar-refractivity contribution in [3.63, 3.8) is 0 Å². The van der Waals surface area contributed by atoms with Gasteiger partial charge in [-0.05, 0) is 37.1 Å². The van der Waals surface area contributed by atoms with Gasteiger partial charge in [0, 0.05) is 24.3 Å². The maximum absolute atomic E-state index is 12.8. The Morgan fingerprint density at radius 3 is 2.45 bits per heavy atom. The zero-order valence-corrected chi connectivity index (χ0v) is 17.4. The third kappa shape index (κ3) is 4.06. The number of ether oxygens (including phenoxy) is 6. The van der Waals surface area contributed by atoms with Crippen LogP contribution in [0.4, 0.5) is 0 Å². The van der Waals surface area contributed by atoms with Gasteiger partial charge in [0.15, 0.2) is 23.4 Å². The predicted molar refractivity (Wildman–Crippen MR) is 110 cm³/mol. The van der Waals surface area contributed by atoms with E-state index < -0.39 is 12.1 Å². The first-order valence-electron chi connectivity index (χ1n) is 9.75. The Kier molecular flexibility index (Phi) is 5.81. The topological polar surface area (TPSA) is 89.5 Å². The minimum atomic E-state index is -0.552. The number of hydrogen-bond acceptors (Lipinski definition) is 8. The second kappa shape index (κ2) is 8.69. The average Bonchev–Trinajstić information content (AvgIpc) is 3.42. The maximum Gasteiger partial charge on any atom is 0.340 e. The van der Waals surface area contributed by atoms with Crippen LogP contribution in [0.2, 0.25) is 0 Å². The van der Waals surface area contributed by atoms with Crippen LogP contribution >= 0.6 is 0 Å². The highest BCUT2D eigenvalue weighted by Gasteiger charge is 2.30. The number of esters is 1. The van der Waals surface area contributed by atoms with E-state index in [-0.39, 0.29) is 17.3 Å². The van der Waals surface area contributed by atoms with Crippen molar-refractivity contribution in [3.8, 4) is 28.7 Å². The number of ketones is 1. The van der Waals surface area contributed by atoms with Crippen LogP contribution in [0.1, 0.15) is 28.8 Å². The van der Waals surface area contributed by atoms with Gasteiger partial charge >= 0.3 is 5.97 Å². The molecule has 1 unspecified atom stereocenters. The van der Waals surface area contributed by atoms with E-state index in [0.29, 0.717) is 47.2 Å². The van der Waals surface area contributed by atoms with Crippen LogP contribution in [0.25, 0.3) is 6.08 Å². The summed E-state index contributed by atoms with van der Waals surface area (Å²) in [6, 6.07) is 8.02. The Hall–Kier alpha value is -3.52. The fraction of sp³-hybridized carbons (Fsp3) is 0.304. The fourth-order valence-electron chi connectivity index (χ4n) is 3.48. The van der Waals surface area contributed by atoms with Crippen molar-refractivity contribution >= 4 is 17.8 Å². The number of rotatable bonds is 6. The third-order valence-electron chi connectivity index (χ3n) is 5.07. The summed E-state index contributed by atoms with van der Waals surface area (Å²) in [6.45, 7) is 0.551. The average molecular weight is 426 g/mol. The number of methoxy groups -OCH3 is 3. The molecule has 1 fully saturated rings. The molecule has 0 spiro atoms. The van der Waals surface area contributed by atoms with Crippen molar-refractivity contribution in [1.82, 2.24) is 0 Å². The minimum Gasteiger partial charge on any atom is -0.496 e. The van der Waals surface area contributed by atoms with Crippen molar-refractivity contribution in [3.05, 3.63) is 47.2 Å². The number of Topliss-reactive ketones (excluding diaryl/α,β-unsaturated/α-hetero) is 1. The summed E-state index contributed by atoms with van der Waals surface area (Å²) in [4.78, 5) is 25.0. The second-order valence-corrected chi connectivity index (χ2v) is 6.97. The van der Waals surface area contributed by atoms with Crippen molar-refractivity contribution in [2.24, 2.45) is 0 Å². The van der Waals surface area contributed by atoms with Gasteiger partial charge in [-0.1, -0.05) is 0 Å². The lowest BCUT2D eigenvalue weighted by molar-refractivity contribution is -0.144. The van der Waals surface area contributed by atoms with Crippen molar-refractivity contribution in [2.45, 2.75) is 18.9 Å². The van der Waals surface area contributed by atoms with E-state index in [0.717, 1.165) is 6.42 Å². The van der Waals surface area contributed by atoms with Crippen LogP contribution in [0.5, 0.6) is 28.7 Å². The van der Waals surface area contributed by atoms with E-state index in [1.807, 2.05) is 0 Å². The largest absolute Gasteiger partial charge is 0.496 e. The third-order valence-corrected chi connectivity index (χ3v) is 5.07. The molecular formula is C23H22O8. The maximum atomic E-state index is 12.8. The number of benzene rings is 2. The molecule has 1 atom stereocenters. The lowest BCUT2D eigenvalue weighted by Crippen LogP contribution is -2.24. The Labute approximate surface area is 179 Å². The molecule has 8 nitrogen and oxygen atoms in total. The summed E-state index contributed by atoms with van der Waals surface area (Å²) in [5, 5.41) is 0. The minimum absolute atomic E-state index is 0.114. The Morgan fingerprint density at radius 1 is 1.03 bits per heavy atom. The van der Waals surface area contributed by atoms with E-state index in [9.17, 15) is 9.59 Å². The van der Waals surface area contributed by atoms with Gasteiger partial charge in [-0.2, -0.15) is 0 Å². The number of carbonyl (C=O) groups is 2. The molecule has 0 N–H and O–H groups in total. The van der Waals surface area contributed by atoms with Gasteiger partial charge < -0.3 is 28.4 Å². The van der Waals surface area contributed by atoms with Gasteiger partial charge in [0.05, 0.1) is 26.9 Å². The van der Waals surface area contributed by atoms with Crippen molar-refractivity contribution in [2.75, 3.05) is 27.9 Å². The molecule has 2 aliphatic heterocycles. The monoisotopic (exact) mass is 426 g/mol. The molecule has 0 aromatic heterocycles. The first-order chi connectivity index (χ1) is 15.0. The van der Waals surface area contributed by atoms with Crippen LogP contribution in [-0.4, -0.2) is 45.8 Å². The molecule has 0 bridgehead atoms. The van der Waals surface area contributed by atoms with Crippen molar-refractivity contribution in [1.29, 1.82) is 0 Å². The smallest absolute Gasteiger partial charge is 0.340 e. The van der Waals surface area contributed by atoms with Crippen LogP contribution < -0.4 is 23.7 Å². The molecule has 2 aliphatic rings. The molecule has 31 heavy (non-hydrogen) atoms. The number of fused-ring (bicyclic) bond motifs is 1. The summed E-state index contributed by atoms with van der Waals surface area (Å²) in [5.41, 5.74) is 0.962. The van der Waals surface area contributed by atoms with Crippen LogP contribution in [0, 0.1) is 0 Å². The highest BCUT2D eigenvalue weighted by atomic mass is 16.6. The molecule has 4 rings (SSSR count). The molecule has 2 aromatic carbocycles. The summed E-state index contributed by atoms with van der Waals surface area (Å²) in [7, 11) is 4.57. The van der Waals surface area contributed by atoms with Crippen molar-refractivity contribution < 1.29 is 38.0 Å². The van der Waals surface area contributed by atoms with Gasteiger partial charge in [0.25, 0.3) is 0 Å². The predicted octanol–water partition coefficient (Wildman–Crippen LogP) is 3.41. The Bertz CT molecular complexity index is 1050. The lowest BCUT2D eigenvalue weighted by atomic mass is 10.1. The zero-order chi connectivity index (χ0) is 22.0. The SMILES string of the molecule is COc1cc(OC)c(OC)cc1/C=C1\Oc2cc(OC(=O)C3CCCO3)ccc2C1=O. The summed E-state index contributed by atoms with van der Waals surface area (Å²) >= 11 is 0. The number of allylic oxidation sites excluding steroid dienone is 1. The molecule has 2 heterocycles. The first kappa shape index (κ1) is 20.7. The van der Waals surface area contributed by atoms with Gasteiger partial charge in [-0.3, -0.25) is 4.79 Å². The van der Waals surface area contributed by atoms with E-state index >= 15 is 0 Å². The molecule has 0 aliphatic carbocycles. The second-order valence-electron chi connectivity index (χ2n) is 6.97. The zero-order valence-electron chi connectivity index (χ0n) is 17.4. The molecule has 2 aromatic rings. The van der Waals surface area contributed by atoms with E-state index in [1.165, 1.54) is 27.4 Å². The molecule has 0 amide bonds. The molecule has 162 valence electrons. The summed E-state index contributed by atoms with van der Waals surface area (Å²) in [5.74, 6) is 1.45. The van der Waals surface area contributed by atoms with Crippen LogP contribution in [0.3, 0.4) is 0 Å². The Balaban J connectivity index is 1.59. The fourth-order valence-corrected chi connectivity index (χ4v) is 3.48. The molecule has 0 saturated carbocycles. The number of carbonyl (C=O) groups excluding carboxylic acids is 2. The van der Waals surface area contributed by atoms with Gasteiger partial charge in [0.2, 0.25) is 5.78 Å². The quantitative estimate of drug-likeness (QED) is 0.394. The van der Waals surface area contributed by atoms with Crippen LogP contribution in [-0.2, 0) is 9.53 Å². The van der Waals surface area contributed by atoms with Gasteiger partial charge in [-0.15, -0.1) is 0 Å². The summed E-state index contributed by atoms with van der Waals surface area (Å²) < 4.78 is 32.5. The van der Waals surface area contributed by atoms with Gasteiger partial charge in [0.1, 0.15) is 17.2 Å². The van der Waals surface area contributed by atoms with E-state index in [4.69, 9.17) is 28.4 Å². The normalized spacial score (nSPS) is 18.5. The highest BCUT2D eigenvalue weighted by molar-refractivity contribution is 6.14. The number of hydrogen-bond donors (Lipinski definition) is 0. The summed E-state index contributed by atoms with van der Waals surface area (Å²) in [6.07, 6.45) is 2.48. The first-order valence-corrected chi connectivity index (χ1v) is 9.75. The lowest BCUT2D eigenvalue weighted by Gasteiger charge is -2.12. The van der Waals surface area contributed by atoms with E-state index in [2.05, 4.69) is 0 Å². The van der Waals surface area contributed by atoms with Gasteiger partial charge in [-0.25, -0.2) is 4.79 Å². The molecular weight excluding hydrogens is 404 g/mol. The highest BCUT2D eigenvalue weighted by Crippen LogP contribution is 2.39. The Morgan fingerprint density at radius 2 is 1.77 bits per heavy atom.